The summed E-state index contributed by atoms with van der Waals surface area (Å²) < 4.78 is 1.94. The third-order valence-electron chi connectivity index (χ3n) is 5.59. The summed E-state index contributed by atoms with van der Waals surface area (Å²) in [6.07, 6.45) is 2.89. The lowest BCUT2D eigenvalue weighted by Gasteiger charge is -2.20. The molecule has 0 atom stereocenters. The van der Waals surface area contributed by atoms with E-state index in [-0.39, 0.29) is 36.4 Å². The Morgan fingerprint density at radius 3 is 2.27 bits per heavy atom. The topological polar surface area (TPSA) is 77.8 Å². The number of aliphatic imine (C=N–C) groups is 1. The van der Waals surface area contributed by atoms with E-state index >= 15 is 0 Å². The predicted molar refractivity (Wildman–Crippen MR) is 148 cm³/mol. The van der Waals surface area contributed by atoms with Crippen molar-refractivity contribution in [2.75, 3.05) is 52.2 Å². The molecule has 0 saturated heterocycles. The first-order valence-corrected chi connectivity index (χ1v) is 11.3. The van der Waals surface area contributed by atoms with Gasteiger partial charge in [0, 0.05) is 59.2 Å². The van der Waals surface area contributed by atoms with Crippen LogP contribution in [0.2, 0.25) is 0 Å². The number of aromatic nitrogens is 2. The molecule has 2 N–H and O–H groups in total. The van der Waals surface area contributed by atoms with Gasteiger partial charge in [-0.05, 0) is 50.8 Å². The fraction of sp³-hybridized carbons (Fsp3) is 0.542. The molecule has 0 spiro atoms. The van der Waals surface area contributed by atoms with Crippen molar-refractivity contribution in [3.05, 3.63) is 47.3 Å². The number of anilines is 1. The van der Waals surface area contributed by atoms with Gasteiger partial charge in [0.1, 0.15) is 6.54 Å². The monoisotopic (exact) mass is 569 g/mol. The van der Waals surface area contributed by atoms with Crippen molar-refractivity contribution in [2.45, 2.75) is 33.1 Å². The number of halogens is 1. The number of carbonyl (C=O) groups excluding carboxylic acids is 1. The lowest BCUT2D eigenvalue weighted by Crippen LogP contribution is -2.40. The first kappa shape index (κ1) is 28.7. The number of nitrogens with zero attached hydrogens (tertiary/aromatic N) is 5. The Labute approximate surface area is 215 Å². The number of likely N-dealkylation sites (N-methyl/N-ethyl adjacent to an activating group) is 1. The van der Waals surface area contributed by atoms with Crippen LogP contribution in [-0.4, -0.2) is 73.9 Å². The minimum atomic E-state index is -0.0171. The van der Waals surface area contributed by atoms with Crippen LogP contribution in [0.1, 0.15) is 29.8 Å². The highest BCUT2D eigenvalue weighted by molar-refractivity contribution is 14.0. The zero-order valence-electron chi connectivity index (χ0n) is 20.9. The van der Waals surface area contributed by atoms with Crippen molar-refractivity contribution in [3.63, 3.8) is 0 Å². The van der Waals surface area contributed by atoms with Crippen LogP contribution < -0.4 is 15.5 Å². The first-order valence-electron chi connectivity index (χ1n) is 11.3. The molecule has 1 amide bonds. The molecule has 0 bridgehead atoms. The standard InChI is InChI=1S/C24H39N7O.HI/c1-19-22(20(2)31(6)28-19)14-10-15-25-24(27-18-23(32)29(3)4)26-16-11-17-30(5)21-12-8-7-9-13-21;/h7-9,12-13H,10-11,14-18H2,1-6H3,(H2,25,26,27);1H. The number of hydrogen-bond acceptors (Lipinski definition) is 4. The third-order valence-corrected chi connectivity index (χ3v) is 5.59. The van der Waals surface area contributed by atoms with Gasteiger partial charge in [-0.3, -0.25) is 9.48 Å². The Morgan fingerprint density at radius 1 is 1.06 bits per heavy atom. The summed E-state index contributed by atoms with van der Waals surface area (Å²) in [5.41, 5.74) is 4.83. The number of para-hydroxylation sites is 1. The van der Waals surface area contributed by atoms with E-state index in [0.29, 0.717) is 5.96 Å². The van der Waals surface area contributed by atoms with Gasteiger partial charge in [0.25, 0.3) is 0 Å². The number of guanidine groups is 1. The van der Waals surface area contributed by atoms with Gasteiger partial charge in [-0.15, -0.1) is 24.0 Å². The molecule has 1 aromatic carbocycles. The summed E-state index contributed by atoms with van der Waals surface area (Å²) in [5.74, 6) is 0.665. The molecular weight excluding hydrogens is 529 g/mol. The maximum atomic E-state index is 12.0. The molecule has 0 fully saturated rings. The Balaban J connectivity index is 0.00000544. The number of rotatable bonds is 11. The molecule has 0 aliphatic carbocycles. The number of hydrogen-bond donors (Lipinski definition) is 2. The normalized spacial score (nSPS) is 11.0. The predicted octanol–water partition coefficient (Wildman–Crippen LogP) is 2.74. The lowest BCUT2D eigenvalue weighted by atomic mass is 10.1. The molecule has 1 aromatic heterocycles. The van der Waals surface area contributed by atoms with Crippen LogP contribution in [0, 0.1) is 13.8 Å². The molecule has 8 nitrogen and oxygen atoms in total. The molecule has 0 saturated carbocycles. The quantitative estimate of drug-likeness (QED) is 0.189. The van der Waals surface area contributed by atoms with Gasteiger partial charge in [-0.2, -0.15) is 5.10 Å². The van der Waals surface area contributed by atoms with E-state index in [4.69, 9.17) is 0 Å². The number of carbonyl (C=O) groups is 1. The van der Waals surface area contributed by atoms with Gasteiger partial charge >= 0.3 is 0 Å². The summed E-state index contributed by atoms with van der Waals surface area (Å²) in [7, 11) is 7.57. The fourth-order valence-electron chi connectivity index (χ4n) is 3.45. The number of aryl methyl sites for hydroxylation is 2. The van der Waals surface area contributed by atoms with E-state index in [1.54, 1.807) is 19.0 Å². The molecule has 9 heteroatoms. The van der Waals surface area contributed by atoms with Crippen LogP contribution in [0.5, 0.6) is 0 Å². The van der Waals surface area contributed by atoms with E-state index in [1.807, 2.05) is 17.8 Å². The van der Waals surface area contributed by atoms with Crippen LogP contribution in [0.3, 0.4) is 0 Å². The van der Waals surface area contributed by atoms with Gasteiger partial charge in [0.2, 0.25) is 5.91 Å². The van der Waals surface area contributed by atoms with E-state index in [0.717, 1.165) is 44.6 Å². The molecule has 2 rings (SSSR count). The van der Waals surface area contributed by atoms with Crippen LogP contribution in [-0.2, 0) is 18.3 Å². The van der Waals surface area contributed by atoms with Crippen molar-refractivity contribution < 1.29 is 4.79 Å². The number of amides is 1. The van der Waals surface area contributed by atoms with E-state index < -0.39 is 0 Å². The van der Waals surface area contributed by atoms with E-state index in [2.05, 4.69) is 70.8 Å². The second-order valence-electron chi connectivity index (χ2n) is 8.29. The second-order valence-corrected chi connectivity index (χ2v) is 8.29. The summed E-state index contributed by atoms with van der Waals surface area (Å²) >= 11 is 0. The zero-order chi connectivity index (χ0) is 23.5. The lowest BCUT2D eigenvalue weighted by molar-refractivity contribution is -0.127. The molecule has 0 aliphatic rings. The minimum absolute atomic E-state index is 0. The number of benzene rings is 1. The molecule has 1 heterocycles. The zero-order valence-corrected chi connectivity index (χ0v) is 23.2. The molecule has 33 heavy (non-hydrogen) atoms. The smallest absolute Gasteiger partial charge is 0.243 e. The van der Waals surface area contributed by atoms with Gasteiger partial charge in [0.15, 0.2) is 5.96 Å². The van der Waals surface area contributed by atoms with Gasteiger partial charge in [-0.25, -0.2) is 4.99 Å². The van der Waals surface area contributed by atoms with Crippen LogP contribution >= 0.6 is 24.0 Å². The highest BCUT2D eigenvalue weighted by atomic mass is 127. The highest BCUT2D eigenvalue weighted by Gasteiger charge is 2.09. The van der Waals surface area contributed by atoms with E-state index in [1.165, 1.54) is 16.9 Å². The summed E-state index contributed by atoms with van der Waals surface area (Å²) in [4.78, 5) is 20.2. The van der Waals surface area contributed by atoms with Crippen molar-refractivity contribution in [3.8, 4) is 0 Å². The highest BCUT2D eigenvalue weighted by Crippen LogP contribution is 2.13. The Morgan fingerprint density at radius 2 is 1.70 bits per heavy atom. The summed E-state index contributed by atoms with van der Waals surface area (Å²) in [5, 5.41) is 11.2. The van der Waals surface area contributed by atoms with Crippen molar-refractivity contribution >= 4 is 41.5 Å². The molecule has 2 aromatic rings. The minimum Gasteiger partial charge on any atom is -0.375 e. The second kappa shape index (κ2) is 14.8. The van der Waals surface area contributed by atoms with Crippen molar-refractivity contribution in [1.82, 2.24) is 25.3 Å². The van der Waals surface area contributed by atoms with Crippen molar-refractivity contribution in [1.29, 1.82) is 0 Å². The third kappa shape index (κ3) is 9.61. The maximum Gasteiger partial charge on any atom is 0.243 e. The molecule has 0 radical (unpaired) electrons. The van der Waals surface area contributed by atoms with Gasteiger partial charge in [0.05, 0.1) is 5.69 Å². The molecule has 0 aliphatic heterocycles. The summed E-state index contributed by atoms with van der Waals surface area (Å²) in [6.45, 7) is 6.78. The first-order chi connectivity index (χ1) is 15.3. The summed E-state index contributed by atoms with van der Waals surface area (Å²) in [6, 6.07) is 10.4. The molecule has 0 unspecified atom stereocenters. The average molecular weight is 570 g/mol. The van der Waals surface area contributed by atoms with Crippen LogP contribution in [0.25, 0.3) is 0 Å². The number of nitrogens with one attached hydrogen (secondary N) is 2. The Kier molecular flexibility index (Phi) is 12.9. The molecular formula is C24H40IN7O. The van der Waals surface area contributed by atoms with Gasteiger partial charge < -0.3 is 20.4 Å². The van der Waals surface area contributed by atoms with Crippen LogP contribution in [0.15, 0.2) is 35.3 Å². The van der Waals surface area contributed by atoms with Crippen molar-refractivity contribution in [2.24, 2.45) is 12.0 Å². The fourth-order valence-corrected chi connectivity index (χ4v) is 3.45. The molecule has 184 valence electrons. The SMILES string of the molecule is Cc1nn(C)c(C)c1CCCNC(=NCC(=O)N(C)C)NCCCN(C)c1ccccc1.I. The van der Waals surface area contributed by atoms with E-state index in [9.17, 15) is 4.79 Å². The van der Waals surface area contributed by atoms with Gasteiger partial charge in [-0.1, -0.05) is 18.2 Å². The van der Waals surface area contributed by atoms with Crippen LogP contribution in [0.4, 0.5) is 5.69 Å². The largest absolute Gasteiger partial charge is 0.375 e. The maximum absolute atomic E-state index is 12.0. The average Bonchev–Trinajstić information content (AvgIpc) is 3.02. The Bertz CT molecular complexity index is 880. The Hall–Kier alpha value is -2.30.